The van der Waals surface area contributed by atoms with E-state index in [1.165, 1.54) is 12.4 Å². The van der Waals surface area contributed by atoms with E-state index < -0.39 is 0 Å². The summed E-state index contributed by atoms with van der Waals surface area (Å²) in [4.78, 5) is 0. The summed E-state index contributed by atoms with van der Waals surface area (Å²) in [6.45, 7) is 1.57. The van der Waals surface area contributed by atoms with Gasteiger partial charge in [-0.15, -0.1) is 0 Å². The van der Waals surface area contributed by atoms with E-state index in [0.717, 1.165) is 0 Å². The average molecular weight is 59.1 g/mol. The maximum Gasteiger partial charge on any atom is 0.154 e. The molecular weight excluding hydrogens is 55.0 g/mol. The highest BCUT2D eigenvalue weighted by atomic mass is 19.1. The van der Waals surface area contributed by atoms with Crippen LogP contribution < -0.4 is 0 Å². The van der Waals surface area contributed by atoms with Crippen molar-refractivity contribution in [3.8, 4) is 0 Å². The van der Waals surface area contributed by atoms with Crippen molar-refractivity contribution in [3.63, 3.8) is 0 Å². The minimum absolute atomic E-state index is 1.21. The van der Waals surface area contributed by atoms with E-state index >= 15 is 0 Å². The largest absolute Gasteiger partial charge is 0.204 e. The fourth-order valence-electron chi connectivity index (χ4n) is 0. The van der Waals surface area contributed by atoms with Crippen LogP contribution in [0.25, 0.3) is 0 Å². The van der Waals surface area contributed by atoms with Crippen LogP contribution >= 0.6 is 0 Å². The summed E-state index contributed by atoms with van der Waals surface area (Å²) < 4.78 is 10.4. The van der Waals surface area contributed by atoms with Crippen LogP contribution in [-0.2, 0) is 0 Å². The van der Waals surface area contributed by atoms with E-state index in [9.17, 15) is 4.39 Å². The molecule has 0 rings (SSSR count). The maximum atomic E-state index is 10.4. The molecule has 4 heavy (non-hydrogen) atoms. The van der Waals surface area contributed by atoms with E-state index in [-0.39, 0.29) is 0 Å². The molecule has 0 heterocycles. The zero-order valence-corrected chi connectivity index (χ0v) is 2.46. The first-order valence-electron chi connectivity index (χ1n) is 1.06. The third-order valence-electron chi connectivity index (χ3n) is 0.109. The van der Waals surface area contributed by atoms with E-state index in [2.05, 4.69) is 0 Å². The monoisotopic (exact) mass is 59.0 g/mol. The molecule has 0 saturated heterocycles. The SMILES string of the molecule is C/C=[C]\F. The molecule has 0 aliphatic rings. The Labute approximate surface area is 24.9 Å². The Hall–Kier alpha value is -0.330. The zero-order chi connectivity index (χ0) is 3.41. The van der Waals surface area contributed by atoms with Crippen molar-refractivity contribution in [3.05, 3.63) is 12.4 Å². The first kappa shape index (κ1) is 3.67. The second kappa shape index (κ2) is 2.67. The first-order valence-corrected chi connectivity index (χ1v) is 1.06. The lowest BCUT2D eigenvalue weighted by molar-refractivity contribution is 0.681. The third kappa shape index (κ3) is 1.67. The van der Waals surface area contributed by atoms with Gasteiger partial charge < -0.3 is 0 Å². The minimum atomic E-state index is 1.21. The smallest absolute Gasteiger partial charge is 0.154 e. The summed E-state index contributed by atoms with van der Waals surface area (Å²) in [7, 11) is 0. The topological polar surface area (TPSA) is 0 Å². The van der Waals surface area contributed by atoms with Crippen LogP contribution in [0.2, 0.25) is 0 Å². The van der Waals surface area contributed by atoms with Gasteiger partial charge in [0.2, 0.25) is 0 Å². The lowest BCUT2D eigenvalue weighted by atomic mass is 10.8. The van der Waals surface area contributed by atoms with Crippen LogP contribution in [0.4, 0.5) is 4.39 Å². The van der Waals surface area contributed by atoms with Crippen molar-refractivity contribution >= 4 is 0 Å². The number of hydrogen-bond donors (Lipinski definition) is 0. The first-order chi connectivity index (χ1) is 1.91. The molecule has 0 aromatic heterocycles. The molecule has 0 atom stereocenters. The van der Waals surface area contributed by atoms with E-state index in [0.29, 0.717) is 0 Å². The Morgan fingerprint density at radius 3 is 2.25 bits per heavy atom. The van der Waals surface area contributed by atoms with Crippen molar-refractivity contribution in [2.45, 2.75) is 6.92 Å². The highest BCUT2D eigenvalue weighted by Crippen LogP contribution is 1.60. The lowest BCUT2D eigenvalue weighted by Crippen LogP contribution is -1.25. The Balaban J connectivity index is 2.55. The number of hydrogen-bond acceptors (Lipinski definition) is 0. The van der Waals surface area contributed by atoms with Crippen molar-refractivity contribution in [2.75, 3.05) is 0 Å². The quantitative estimate of drug-likeness (QED) is 0.394. The summed E-state index contributed by atoms with van der Waals surface area (Å²) in [5.74, 6) is 0. The van der Waals surface area contributed by atoms with Gasteiger partial charge in [-0.2, -0.15) is 0 Å². The maximum absolute atomic E-state index is 10.4. The van der Waals surface area contributed by atoms with E-state index in [4.69, 9.17) is 0 Å². The van der Waals surface area contributed by atoms with Crippen molar-refractivity contribution in [1.29, 1.82) is 0 Å². The second-order valence-electron chi connectivity index (χ2n) is 0.398. The van der Waals surface area contributed by atoms with Gasteiger partial charge in [0.15, 0.2) is 6.33 Å². The highest BCUT2D eigenvalue weighted by Gasteiger charge is 1.42. The summed E-state index contributed by atoms with van der Waals surface area (Å²) in [6, 6.07) is 0. The van der Waals surface area contributed by atoms with Crippen LogP contribution in [0.15, 0.2) is 6.08 Å². The molecule has 0 amide bonds. The van der Waals surface area contributed by atoms with Gasteiger partial charge in [-0.05, 0) is 13.0 Å². The summed E-state index contributed by atoms with van der Waals surface area (Å²) in [6.07, 6.45) is 2.51. The fourth-order valence-corrected chi connectivity index (χ4v) is 0. The zero-order valence-electron chi connectivity index (χ0n) is 2.46. The second-order valence-corrected chi connectivity index (χ2v) is 0.398. The molecule has 1 radical (unpaired) electrons. The molecular formula is C3H4F. The van der Waals surface area contributed by atoms with Crippen LogP contribution in [0.5, 0.6) is 0 Å². The molecule has 23 valence electrons. The molecule has 0 N–H and O–H groups in total. The van der Waals surface area contributed by atoms with Gasteiger partial charge in [-0.25, -0.2) is 4.39 Å². The Morgan fingerprint density at radius 2 is 2.25 bits per heavy atom. The molecule has 1 heteroatoms. The Kier molecular flexibility index (Phi) is 2.45. The predicted molar refractivity (Wildman–Crippen MR) is 14.6 cm³/mol. The van der Waals surface area contributed by atoms with Gasteiger partial charge in [0.25, 0.3) is 0 Å². The molecule has 0 aliphatic heterocycles. The van der Waals surface area contributed by atoms with Gasteiger partial charge in [0, 0.05) is 0 Å². The van der Waals surface area contributed by atoms with Gasteiger partial charge in [-0.1, -0.05) is 0 Å². The van der Waals surface area contributed by atoms with Gasteiger partial charge in [0.05, 0.1) is 0 Å². The van der Waals surface area contributed by atoms with Crippen molar-refractivity contribution < 1.29 is 4.39 Å². The van der Waals surface area contributed by atoms with Crippen molar-refractivity contribution in [1.82, 2.24) is 0 Å². The average Bonchev–Trinajstić information content (AvgIpc) is 1.37. The molecule has 0 nitrogen and oxygen atoms in total. The number of halogens is 1. The third-order valence-corrected chi connectivity index (χ3v) is 0.109. The Morgan fingerprint density at radius 1 is 2.00 bits per heavy atom. The predicted octanol–water partition coefficient (Wildman–Crippen LogP) is 1.29. The van der Waals surface area contributed by atoms with Crippen molar-refractivity contribution in [2.24, 2.45) is 0 Å². The van der Waals surface area contributed by atoms with Crippen LogP contribution in [0.3, 0.4) is 0 Å². The minimum Gasteiger partial charge on any atom is -0.204 e. The van der Waals surface area contributed by atoms with Crippen LogP contribution in [0, 0.1) is 6.33 Å². The van der Waals surface area contributed by atoms with Crippen LogP contribution in [0.1, 0.15) is 6.92 Å². The summed E-state index contributed by atoms with van der Waals surface area (Å²) in [5.41, 5.74) is 0. The molecule has 0 saturated carbocycles. The Bertz CT molecular complexity index is 18.5. The van der Waals surface area contributed by atoms with Gasteiger partial charge in [-0.3, -0.25) is 0 Å². The molecule has 0 bridgehead atoms. The lowest BCUT2D eigenvalue weighted by Gasteiger charge is -1.43. The van der Waals surface area contributed by atoms with E-state index in [1.54, 1.807) is 6.92 Å². The van der Waals surface area contributed by atoms with Gasteiger partial charge >= 0.3 is 0 Å². The molecule has 0 aromatic carbocycles. The molecule has 0 spiro atoms. The highest BCUT2D eigenvalue weighted by molar-refractivity contribution is 4.52. The van der Waals surface area contributed by atoms with Gasteiger partial charge in [0.1, 0.15) is 0 Å². The fraction of sp³-hybridized carbons (Fsp3) is 0.333. The summed E-state index contributed by atoms with van der Waals surface area (Å²) >= 11 is 0. The van der Waals surface area contributed by atoms with E-state index in [1.807, 2.05) is 0 Å². The normalized spacial score (nSPS) is 9.50. The molecule has 0 unspecified atom stereocenters. The molecule has 0 aliphatic carbocycles. The van der Waals surface area contributed by atoms with Crippen LogP contribution in [-0.4, -0.2) is 0 Å². The number of allylic oxidation sites excluding steroid dienone is 1. The summed E-state index contributed by atoms with van der Waals surface area (Å²) in [5, 5.41) is 0. The standard InChI is InChI=1S/C3H4F/c1-2-3-4/h2H,1H3. The molecule has 0 fully saturated rings. The molecule has 0 aromatic rings. The number of rotatable bonds is 0.